The van der Waals surface area contributed by atoms with E-state index in [4.69, 9.17) is 9.15 Å². The summed E-state index contributed by atoms with van der Waals surface area (Å²) in [6.07, 6.45) is 1.73. The van der Waals surface area contributed by atoms with E-state index in [1.54, 1.807) is 19.9 Å². The molecular weight excluding hydrogens is 362 g/mol. The Morgan fingerprint density at radius 3 is 2.57 bits per heavy atom. The van der Waals surface area contributed by atoms with E-state index in [2.05, 4.69) is 5.32 Å². The number of ether oxygens (including phenoxy) is 1. The molecule has 0 aliphatic carbocycles. The van der Waals surface area contributed by atoms with Crippen LogP contribution in [0.25, 0.3) is 11.0 Å². The van der Waals surface area contributed by atoms with Crippen molar-refractivity contribution in [3.05, 3.63) is 39.7 Å². The third-order valence-corrected chi connectivity index (χ3v) is 4.58. The Kier molecular flexibility index (Phi) is 7.20. The topological polar surface area (TPSA) is 106 Å². The van der Waals surface area contributed by atoms with Crippen molar-refractivity contribution < 1.29 is 23.8 Å². The number of carboxylic acids is 1. The summed E-state index contributed by atoms with van der Waals surface area (Å²) in [7, 11) is 0. The number of nitrogens with one attached hydrogen (secondary N) is 1. The zero-order valence-corrected chi connectivity index (χ0v) is 16.7. The summed E-state index contributed by atoms with van der Waals surface area (Å²) in [5.41, 5.74) is 1.55. The van der Waals surface area contributed by atoms with Gasteiger partial charge in [-0.05, 0) is 44.4 Å². The molecule has 7 heteroatoms. The first-order valence-corrected chi connectivity index (χ1v) is 9.54. The summed E-state index contributed by atoms with van der Waals surface area (Å²) in [5, 5.41) is 12.5. The number of hydrogen-bond donors (Lipinski definition) is 2. The normalized spacial score (nSPS) is 13.1. The molecule has 2 unspecified atom stereocenters. The molecule has 1 aromatic carbocycles. The van der Waals surface area contributed by atoms with Crippen molar-refractivity contribution in [1.29, 1.82) is 0 Å². The maximum Gasteiger partial charge on any atom is 0.336 e. The maximum atomic E-state index is 12.3. The van der Waals surface area contributed by atoms with Gasteiger partial charge in [-0.3, -0.25) is 4.79 Å². The highest BCUT2D eigenvalue weighted by Gasteiger charge is 2.24. The number of hydrogen-bond acceptors (Lipinski definition) is 5. The summed E-state index contributed by atoms with van der Waals surface area (Å²) >= 11 is 0. The highest BCUT2D eigenvalue weighted by atomic mass is 16.5. The molecule has 1 amide bonds. The second kappa shape index (κ2) is 9.39. The molecule has 2 aromatic rings. The molecule has 2 atom stereocenters. The summed E-state index contributed by atoms with van der Waals surface area (Å²) in [5.74, 6) is -1.18. The molecule has 0 fully saturated rings. The minimum absolute atomic E-state index is 0.341. The number of fused-ring (bicyclic) bond motifs is 1. The smallest absolute Gasteiger partial charge is 0.336 e. The molecule has 0 saturated heterocycles. The third kappa shape index (κ3) is 4.91. The Labute approximate surface area is 163 Å². The van der Waals surface area contributed by atoms with Crippen LogP contribution in [0.2, 0.25) is 0 Å². The number of carboxylic acid groups (broad SMARTS) is 1. The number of amides is 1. The van der Waals surface area contributed by atoms with Gasteiger partial charge in [-0.1, -0.05) is 26.7 Å². The molecule has 0 aliphatic heterocycles. The third-order valence-electron chi connectivity index (χ3n) is 4.58. The summed E-state index contributed by atoms with van der Waals surface area (Å²) < 4.78 is 11.1. The Hall–Kier alpha value is -2.83. The van der Waals surface area contributed by atoms with Crippen LogP contribution in [0.3, 0.4) is 0 Å². The number of rotatable bonds is 9. The van der Waals surface area contributed by atoms with Crippen LogP contribution in [0, 0.1) is 6.92 Å². The number of aliphatic carboxylic acids is 1. The molecule has 0 spiro atoms. The lowest BCUT2D eigenvalue weighted by Crippen LogP contribution is -2.46. The van der Waals surface area contributed by atoms with Gasteiger partial charge in [-0.15, -0.1) is 0 Å². The molecule has 2 N–H and O–H groups in total. The Morgan fingerprint density at radius 2 is 1.96 bits per heavy atom. The lowest BCUT2D eigenvalue weighted by molar-refractivity contribution is -0.143. The van der Waals surface area contributed by atoms with Gasteiger partial charge in [0.2, 0.25) is 0 Å². The second-order valence-corrected chi connectivity index (χ2v) is 6.85. The first-order chi connectivity index (χ1) is 13.3. The van der Waals surface area contributed by atoms with E-state index in [-0.39, 0.29) is 0 Å². The lowest BCUT2D eigenvalue weighted by atomic mass is 10.0. The SMILES string of the molecule is CCCc1cc(=O)oc2c(C)c(OC(C)C(=O)NC(CCC)C(=O)O)ccc12. The van der Waals surface area contributed by atoms with Crippen LogP contribution in [0.5, 0.6) is 5.75 Å². The van der Waals surface area contributed by atoms with E-state index in [0.29, 0.717) is 29.7 Å². The van der Waals surface area contributed by atoms with Crippen LogP contribution in [0.1, 0.15) is 51.2 Å². The minimum atomic E-state index is -1.07. The Bertz CT molecular complexity index is 917. The van der Waals surface area contributed by atoms with Crippen LogP contribution in [-0.4, -0.2) is 29.1 Å². The van der Waals surface area contributed by atoms with Crippen molar-refractivity contribution in [1.82, 2.24) is 5.32 Å². The quantitative estimate of drug-likeness (QED) is 0.638. The zero-order valence-electron chi connectivity index (χ0n) is 16.7. The molecule has 28 heavy (non-hydrogen) atoms. The van der Waals surface area contributed by atoms with Gasteiger partial charge in [-0.25, -0.2) is 9.59 Å². The van der Waals surface area contributed by atoms with Crippen molar-refractivity contribution >= 4 is 22.8 Å². The number of carbonyl (C=O) groups excluding carboxylic acids is 1. The molecule has 0 aliphatic rings. The van der Waals surface area contributed by atoms with Crippen LogP contribution in [0.4, 0.5) is 0 Å². The van der Waals surface area contributed by atoms with Gasteiger partial charge in [0.15, 0.2) is 6.10 Å². The molecule has 7 nitrogen and oxygen atoms in total. The fourth-order valence-corrected chi connectivity index (χ4v) is 3.09. The zero-order chi connectivity index (χ0) is 20.8. The van der Waals surface area contributed by atoms with Crippen LogP contribution in [0.15, 0.2) is 27.4 Å². The van der Waals surface area contributed by atoms with E-state index in [0.717, 1.165) is 23.8 Å². The van der Waals surface area contributed by atoms with E-state index in [1.165, 1.54) is 6.07 Å². The molecule has 2 rings (SSSR count). The Balaban J connectivity index is 2.26. The summed E-state index contributed by atoms with van der Waals surface area (Å²) in [6, 6.07) is 4.10. The van der Waals surface area contributed by atoms with Gasteiger partial charge in [-0.2, -0.15) is 0 Å². The monoisotopic (exact) mass is 389 g/mol. The van der Waals surface area contributed by atoms with Crippen molar-refractivity contribution in [2.45, 2.75) is 65.5 Å². The largest absolute Gasteiger partial charge is 0.480 e. The molecular formula is C21H27NO6. The highest BCUT2D eigenvalue weighted by molar-refractivity contribution is 5.87. The van der Waals surface area contributed by atoms with Gasteiger partial charge >= 0.3 is 11.6 Å². The van der Waals surface area contributed by atoms with Crippen LogP contribution in [-0.2, 0) is 16.0 Å². The van der Waals surface area contributed by atoms with Crippen LogP contribution >= 0.6 is 0 Å². The molecule has 1 heterocycles. The second-order valence-electron chi connectivity index (χ2n) is 6.85. The Morgan fingerprint density at radius 1 is 1.25 bits per heavy atom. The summed E-state index contributed by atoms with van der Waals surface area (Å²) in [6.45, 7) is 7.20. The summed E-state index contributed by atoms with van der Waals surface area (Å²) in [4.78, 5) is 35.5. The minimum Gasteiger partial charge on any atom is -0.480 e. The molecule has 0 saturated carbocycles. The number of aryl methyl sites for hydroxylation is 2. The van der Waals surface area contributed by atoms with Crippen molar-refractivity contribution in [3.63, 3.8) is 0 Å². The van der Waals surface area contributed by atoms with E-state index in [1.807, 2.05) is 19.9 Å². The van der Waals surface area contributed by atoms with Crippen molar-refractivity contribution in [2.75, 3.05) is 0 Å². The van der Waals surface area contributed by atoms with E-state index in [9.17, 15) is 19.5 Å². The van der Waals surface area contributed by atoms with Crippen molar-refractivity contribution in [3.8, 4) is 5.75 Å². The predicted octanol–water partition coefficient (Wildman–Crippen LogP) is 3.19. The van der Waals surface area contributed by atoms with Gasteiger partial charge in [0, 0.05) is 17.0 Å². The van der Waals surface area contributed by atoms with Gasteiger partial charge in [0.25, 0.3) is 5.91 Å². The fraction of sp³-hybridized carbons (Fsp3) is 0.476. The molecule has 0 radical (unpaired) electrons. The molecule has 0 bridgehead atoms. The maximum absolute atomic E-state index is 12.3. The number of carbonyl (C=O) groups is 2. The number of benzene rings is 1. The van der Waals surface area contributed by atoms with Crippen molar-refractivity contribution in [2.24, 2.45) is 0 Å². The average Bonchev–Trinajstić information content (AvgIpc) is 2.64. The lowest BCUT2D eigenvalue weighted by Gasteiger charge is -2.20. The predicted molar refractivity (Wildman–Crippen MR) is 106 cm³/mol. The van der Waals surface area contributed by atoms with Gasteiger partial charge in [0.05, 0.1) is 0 Å². The van der Waals surface area contributed by atoms with Gasteiger partial charge < -0.3 is 19.6 Å². The van der Waals surface area contributed by atoms with Crippen LogP contribution < -0.4 is 15.7 Å². The average molecular weight is 389 g/mol. The molecule has 1 aromatic heterocycles. The highest BCUT2D eigenvalue weighted by Crippen LogP contribution is 2.29. The standard InChI is InChI=1S/C21H27NO6/c1-5-7-14-11-18(23)28-19-12(3)17(10-9-15(14)19)27-13(4)20(24)22-16(8-6-2)21(25)26/h9-11,13,16H,5-8H2,1-4H3,(H,22,24)(H,25,26). The van der Waals surface area contributed by atoms with E-state index >= 15 is 0 Å². The van der Waals surface area contributed by atoms with E-state index < -0.39 is 29.6 Å². The molecule has 152 valence electrons. The fourth-order valence-electron chi connectivity index (χ4n) is 3.09. The first kappa shape index (κ1) is 21.5. The first-order valence-electron chi connectivity index (χ1n) is 9.54. The van der Waals surface area contributed by atoms with Gasteiger partial charge in [0.1, 0.15) is 17.4 Å².